The summed E-state index contributed by atoms with van der Waals surface area (Å²) < 4.78 is 31.8. The number of nitrogens with one attached hydrogen (secondary N) is 1. The van der Waals surface area contributed by atoms with E-state index in [4.69, 9.17) is 33.3 Å². The van der Waals surface area contributed by atoms with Gasteiger partial charge in [0, 0.05) is 50.3 Å². The van der Waals surface area contributed by atoms with E-state index in [1.807, 2.05) is 0 Å². The second-order valence-corrected chi connectivity index (χ2v) is 13.5. The van der Waals surface area contributed by atoms with Crippen LogP contribution in [-0.4, -0.2) is 165 Å². The van der Waals surface area contributed by atoms with E-state index in [2.05, 4.69) is 17.9 Å². The molecular formula is C34H55N3O15S2. The standard InChI is InChI=1S/C28H43N3O13S.C6H12O2S/c1-20(32)21(2)43-17-18-45-22-19-26(36)30(28(22)38)8-5-23(33)29-7-10-40-12-14-42-16-15-41-13-11-39-9-6-27(37)44-31-24(34)3-4-25(31)35;1-5(7)6(2)8-3-4-9/h21-22H,3-19H2,1-2H3,(H,29,33);6,9H,3-4H2,1-2H3/t21-,22?;6-/m00/s1. The molecule has 0 saturated carbocycles. The Hall–Kier alpha value is -2.98. The van der Waals surface area contributed by atoms with Gasteiger partial charge in [-0.1, -0.05) is 0 Å². The summed E-state index contributed by atoms with van der Waals surface area (Å²) in [6.07, 6.45) is -0.715. The molecule has 2 rings (SSSR count). The van der Waals surface area contributed by atoms with E-state index in [1.54, 1.807) is 13.8 Å². The van der Waals surface area contributed by atoms with E-state index in [0.29, 0.717) is 56.2 Å². The Bertz CT molecular complexity index is 1210. The quantitative estimate of drug-likeness (QED) is 0.0591. The third kappa shape index (κ3) is 21.8. The first-order valence-corrected chi connectivity index (χ1v) is 19.4. The molecule has 2 saturated heterocycles. The van der Waals surface area contributed by atoms with Crippen LogP contribution in [0.1, 0.15) is 59.8 Å². The van der Waals surface area contributed by atoms with Gasteiger partial charge in [0.05, 0.1) is 77.7 Å². The van der Waals surface area contributed by atoms with Crippen molar-refractivity contribution < 1.29 is 71.6 Å². The predicted octanol–water partition coefficient (Wildman–Crippen LogP) is 0.322. The van der Waals surface area contributed by atoms with Crippen LogP contribution >= 0.6 is 24.4 Å². The molecule has 0 radical (unpaired) electrons. The van der Waals surface area contributed by atoms with Crippen LogP contribution in [0.15, 0.2) is 0 Å². The predicted molar refractivity (Wildman–Crippen MR) is 196 cm³/mol. The number of ketones is 2. The highest BCUT2D eigenvalue weighted by atomic mass is 32.2. The number of carbonyl (C=O) groups excluding carboxylic acids is 8. The van der Waals surface area contributed by atoms with Crippen molar-refractivity contribution in [3.8, 4) is 0 Å². The molecule has 2 heterocycles. The Morgan fingerprint density at radius 1 is 0.741 bits per heavy atom. The van der Waals surface area contributed by atoms with Crippen molar-refractivity contribution in [3.05, 3.63) is 0 Å². The third-order valence-corrected chi connectivity index (χ3v) is 8.83. The van der Waals surface area contributed by atoms with Gasteiger partial charge >= 0.3 is 5.97 Å². The van der Waals surface area contributed by atoms with Crippen LogP contribution in [0.25, 0.3) is 0 Å². The highest BCUT2D eigenvalue weighted by Gasteiger charge is 2.38. The van der Waals surface area contributed by atoms with Crippen LogP contribution in [0.5, 0.6) is 0 Å². The van der Waals surface area contributed by atoms with Crippen molar-refractivity contribution >= 4 is 71.5 Å². The summed E-state index contributed by atoms with van der Waals surface area (Å²) in [5, 5.41) is 2.68. The zero-order chi connectivity index (χ0) is 40.3. The maximum Gasteiger partial charge on any atom is 0.335 e. The number of hydrogen-bond donors (Lipinski definition) is 2. The number of imide groups is 2. The lowest BCUT2D eigenvalue weighted by Gasteiger charge is -2.15. The van der Waals surface area contributed by atoms with E-state index in [9.17, 15) is 38.4 Å². The number of rotatable bonds is 29. The second kappa shape index (κ2) is 29.3. The molecule has 54 heavy (non-hydrogen) atoms. The molecule has 1 N–H and O–H groups in total. The van der Waals surface area contributed by atoms with Crippen molar-refractivity contribution in [3.63, 3.8) is 0 Å². The number of nitrogens with zero attached hydrogens (tertiary/aromatic N) is 2. The molecule has 18 nitrogen and oxygen atoms in total. The fourth-order valence-electron chi connectivity index (χ4n) is 4.18. The molecule has 308 valence electrons. The van der Waals surface area contributed by atoms with Crippen LogP contribution < -0.4 is 5.32 Å². The minimum Gasteiger partial charge on any atom is -0.378 e. The Balaban J connectivity index is 0.00000143. The van der Waals surface area contributed by atoms with Crippen LogP contribution in [0, 0.1) is 0 Å². The summed E-state index contributed by atoms with van der Waals surface area (Å²) in [6.45, 7) is 9.67. The molecular weight excluding hydrogens is 755 g/mol. The van der Waals surface area contributed by atoms with Gasteiger partial charge in [0.15, 0.2) is 11.6 Å². The lowest BCUT2D eigenvalue weighted by Crippen LogP contribution is -2.36. The van der Waals surface area contributed by atoms with E-state index in [1.165, 1.54) is 25.6 Å². The summed E-state index contributed by atoms with van der Waals surface area (Å²) in [5.74, 6) is -1.57. The van der Waals surface area contributed by atoms with Gasteiger partial charge < -0.3 is 38.6 Å². The Labute approximate surface area is 325 Å². The minimum atomic E-state index is -0.726. The van der Waals surface area contributed by atoms with Crippen molar-refractivity contribution in [1.29, 1.82) is 0 Å². The maximum atomic E-state index is 12.5. The van der Waals surface area contributed by atoms with Crippen LogP contribution in [0.3, 0.4) is 0 Å². The molecule has 20 heteroatoms. The van der Waals surface area contributed by atoms with Gasteiger partial charge in [-0.2, -0.15) is 12.6 Å². The van der Waals surface area contributed by atoms with Crippen molar-refractivity contribution in [1.82, 2.24) is 15.3 Å². The highest BCUT2D eigenvalue weighted by molar-refractivity contribution is 8.00. The van der Waals surface area contributed by atoms with Gasteiger partial charge in [-0.25, -0.2) is 4.79 Å². The minimum absolute atomic E-state index is 0.00212. The van der Waals surface area contributed by atoms with Gasteiger partial charge in [0.1, 0.15) is 12.2 Å². The zero-order valence-corrected chi connectivity index (χ0v) is 33.3. The average Bonchev–Trinajstić information content (AvgIpc) is 3.59. The zero-order valence-electron chi connectivity index (χ0n) is 31.5. The lowest BCUT2D eigenvalue weighted by molar-refractivity contribution is -0.198. The molecule has 0 spiro atoms. The Kier molecular flexibility index (Phi) is 26.6. The molecule has 3 atom stereocenters. The molecule has 1 unspecified atom stereocenters. The summed E-state index contributed by atoms with van der Waals surface area (Å²) in [4.78, 5) is 98.8. The molecule has 2 fully saturated rings. The van der Waals surface area contributed by atoms with Crippen molar-refractivity contribution in [2.45, 2.75) is 77.3 Å². The summed E-state index contributed by atoms with van der Waals surface area (Å²) in [5.41, 5.74) is 0. The number of thiol groups is 1. The Morgan fingerprint density at radius 2 is 1.26 bits per heavy atom. The summed E-state index contributed by atoms with van der Waals surface area (Å²) in [6, 6.07) is 0. The number of amides is 5. The average molecular weight is 810 g/mol. The smallest absolute Gasteiger partial charge is 0.335 e. The number of hydroxylamine groups is 2. The fraction of sp³-hybridized carbons (Fsp3) is 0.765. The second-order valence-electron chi connectivity index (χ2n) is 11.8. The molecule has 0 aliphatic carbocycles. The van der Waals surface area contributed by atoms with Crippen molar-refractivity contribution in [2.24, 2.45) is 0 Å². The topological polar surface area (TPSA) is 220 Å². The lowest BCUT2D eigenvalue weighted by atomic mass is 10.3. The van der Waals surface area contributed by atoms with Crippen LogP contribution in [0.4, 0.5) is 0 Å². The normalized spacial score (nSPS) is 16.6. The number of likely N-dealkylation sites (tertiary alicyclic amines) is 1. The SMILES string of the molecule is CC(=O)[C@H](C)OCCS.CC(=O)[C@H](C)OCCSC1CC(=O)N(CCC(=O)NCCOCCOCCOCCOCCC(=O)ON2C(=O)CCC2=O)C1=O. The van der Waals surface area contributed by atoms with E-state index in [-0.39, 0.29) is 107 Å². The first-order chi connectivity index (χ1) is 25.8. The molecule has 5 amide bonds. The van der Waals surface area contributed by atoms with Gasteiger partial charge in [-0.3, -0.25) is 38.5 Å². The number of carbonyl (C=O) groups is 8. The van der Waals surface area contributed by atoms with Crippen LogP contribution in [0.2, 0.25) is 0 Å². The summed E-state index contributed by atoms with van der Waals surface area (Å²) in [7, 11) is 0. The van der Waals surface area contributed by atoms with Crippen molar-refractivity contribution in [2.75, 3.05) is 90.7 Å². The number of ether oxygens (including phenoxy) is 6. The van der Waals surface area contributed by atoms with E-state index >= 15 is 0 Å². The maximum absolute atomic E-state index is 12.5. The van der Waals surface area contributed by atoms with Gasteiger partial charge in [-0.05, 0) is 27.7 Å². The summed E-state index contributed by atoms with van der Waals surface area (Å²) >= 11 is 5.23. The third-order valence-electron chi connectivity index (χ3n) is 7.47. The van der Waals surface area contributed by atoms with Gasteiger partial charge in [0.2, 0.25) is 17.7 Å². The molecule has 0 aromatic carbocycles. The fourth-order valence-corrected chi connectivity index (χ4v) is 5.30. The molecule has 0 aromatic heterocycles. The molecule has 0 aromatic rings. The Morgan fingerprint density at radius 3 is 1.80 bits per heavy atom. The number of Topliss-reactive ketones (excluding diaryl/α,β-unsaturated/α-hetero) is 2. The molecule has 2 aliphatic rings. The van der Waals surface area contributed by atoms with Gasteiger partial charge in [-0.15, -0.1) is 16.8 Å². The monoisotopic (exact) mass is 809 g/mol. The van der Waals surface area contributed by atoms with Gasteiger partial charge in [0.25, 0.3) is 11.8 Å². The molecule has 0 bridgehead atoms. The van der Waals surface area contributed by atoms with E-state index in [0.717, 1.165) is 4.90 Å². The molecule has 2 aliphatic heterocycles. The van der Waals surface area contributed by atoms with E-state index < -0.39 is 29.1 Å². The highest BCUT2D eigenvalue weighted by Crippen LogP contribution is 2.25. The van der Waals surface area contributed by atoms with Crippen LogP contribution in [-0.2, 0) is 71.6 Å². The first kappa shape index (κ1) is 49.0. The number of thioether (sulfide) groups is 1. The largest absolute Gasteiger partial charge is 0.378 e. The number of hydrogen-bond acceptors (Lipinski definition) is 17. The first-order valence-electron chi connectivity index (χ1n) is 17.7.